The average molecular weight is 250 g/mol. The number of aryl methyl sites for hydroxylation is 2. The Hall–Kier alpha value is -2.18. The number of nitrogens with zero attached hydrogens (tertiary/aromatic N) is 4. The molecule has 2 rings (SSSR count). The summed E-state index contributed by atoms with van der Waals surface area (Å²) in [7, 11) is 1.46. The van der Waals surface area contributed by atoms with Crippen LogP contribution in [0.3, 0.4) is 0 Å². The largest absolute Gasteiger partial charge is 0.468 e. The third-order valence-electron chi connectivity index (χ3n) is 2.40. The number of hydrogen-bond acceptors (Lipinski definition) is 6. The first kappa shape index (κ1) is 12.3. The summed E-state index contributed by atoms with van der Waals surface area (Å²) in [4.78, 5) is 20.1. The van der Waals surface area contributed by atoms with Crippen LogP contribution in [0.2, 0.25) is 0 Å². The van der Waals surface area contributed by atoms with Crippen molar-refractivity contribution in [2.75, 3.05) is 7.11 Å². The highest BCUT2D eigenvalue weighted by atomic mass is 16.5. The van der Waals surface area contributed by atoms with Gasteiger partial charge in [0.05, 0.1) is 7.11 Å². The minimum Gasteiger partial charge on any atom is -0.468 e. The van der Waals surface area contributed by atoms with Crippen molar-refractivity contribution in [2.24, 2.45) is 0 Å². The number of methoxy groups -OCH3 is 1. The molecule has 2 heterocycles. The topological polar surface area (TPSA) is 83.0 Å². The molecule has 0 bridgehead atoms. The molecule has 0 amide bonds. The molecule has 7 heteroatoms. The highest BCUT2D eigenvalue weighted by Crippen LogP contribution is 2.07. The number of rotatable bonds is 4. The van der Waals surface area contributed by atoms with Crippen molar-refractivity contribution in [3.8, 4) is 6.01 Å². The monoisotopic (exact) mass is 250 g/mol. The van der Waals surface area contributed by atoms with Crippen molar-refractivity contribution >= 4 is 0 Å². The Morgan fingerprint density at radius 2 is 2.22 bits per heavy atom. The van der Waals surface area contributed by atoms with Gasteiger partial charge in [0.25, 0.3) is 11.6 Å². The van der Waals surface area contributed by atoms with Gasteiger partial charge >= 0.3 is 0 Å². The molecule has 0 aromatic carbocycles. The van der Waals surface area contributed by atoms with Gasteiger partial charge in [0, 0.05) is 18.2 Å². The summed E-state index contributed by atoms with van der Waals surface area (Å²) in [6, 6.07) is 1.66. The second kappa shape index (κ2) is 4.99. The van der Waals surface area contributed by atoms with E-state index in [0.717, 1.165) is 0 Å². The molecule has 0 aliphatic heterocycles. The van der Waals surface area contributed by atoms with Crippen LogP contribution in [0.1, 0.15) is 24.3 Å². The van der Waals surface area contributed by atoms with E-state index in [1.807, 2.05) is 6.92 Å². The van der Waals surface area contributed by atoms with Crippen LogP contribution in [0, 0.1) is 6.92 Å². The minimum atomic E-state index is -0.212. The SMILES string of the molecule is CCc1noc(Cn2c(OC)nc(C)cc2=O)n1. The van der Waals surface area contributed by atoms with E-state index in [1.165, 1.54) is 17.7 Å². The lowest BCUT2D eigenvalue weighted by Crippen LogP contribution is -2.23. The zero-order valence-electron chi connectivity index (χ0n) is 10.5. The van der Waals surface area contributed by atoms with Crippen LogP contribution >= 0.6 is 0 Å². The summed E-state index contributed by atoms with van der Waals surface area (Å²) in [5.74, 6) is 0.968. The van der Waals surface area contributed by atoms with Gasteiger partial charge in [-0.2, -0.15) is 4.98 Å². The summed E-state index contributed by atoms with van der Waals surface area (Å²) >= 11 is 0. The molecule has 2 aromatic heterocycles. The first-order chi connectivity index (χ1) is 8.63. The molecule has 0 radical (unpaired) electrons. The molecular formula is C11H14N4O3. The smallest absolute Gasteiger partial charge is 0.299 e. The molecule has 0 atom stereocenters. The highest BCUT2D eigenvalue weighted by Gasteiger charge is 2.12. The Morgan fingerprint density at radius 1 is 1.44 bits per heavy atom. The molecule has 0 saturated carbocycles. The van der Waals surface area contributed by atoms with Gasteiger partial charge in [-0.15, -0.1) is 0 Å². The second-order valence-corrected chi connectivity index (χ2v) is 3.77. The fourth-order valence-corrected chi connectivity index (χ4v) is 1.53. The molecule has 0 aliphatic rings. The van der Waals surface area contributed by atoms with E-state index in [-0.39, 0.29) is 18.1 Å². The van der Waals surface area contributed by atoms with Crippen LogP contribution in [0.4, 0.5) is 0 Å². The maximum atomic E-state index is 11.9. The number of aromatic nitrogens is 4. The molecule has 0 saturated heterocycles. The summed E-state index contributed by atoms with van der Waals surface area (Å²) < 4.78 is 11.5. The Kier molecular flexibility index (Phi) is 3.40. The standard InChI is InChI=1S/C11H14N4O3/c1-4-8-13-9(18-14-8)6-15-10(16)5-7(2)12-11(15)17-3/h5H,4,6H2,1-3H3. The number of ether oxygens (including phenoxy) is 1. The first-order valence-corrected chi connectivity index (χ1v) is 5.58. The summed E-state index contributed by atoms with van der Waals surface area (Å²) in [5.41, 5.74) is 0.392. The van der Waals surface area contributed by atoms with Crippen molar-refractivity contribution in [1.82, 2.24) is 19.7 Å². The van der Waals surface area contributed by atoms with Crippen LogP contribution in [0.25, 0.3) is 0 Å². The van der Waals surface area contributed by atoms with Crippen molar-refractivity contribution in [3.63, 3.8) is 0 Å². The molecule has 0 spiro atoms. The zero-order chi connectivity index (χ0) is 13.1. The third kappa shape index (κ3) is 2.39. The van der Waals surface area contributed by atoms with Crippen LogP contribution in [-0.4, -0.2) is 26.8 Å². The van der Waals surface area contributed by atoms with E-state index in [9.17, 15) is 4.79 Å². The summed E-state index contributed by atoms with van der Waals surface area (Å²) in [6.07, 6.45) is 0.682. The maximum absolute atomic E-state index is 11.9. The molecule has 2 aromatic rings. The average Bonchev–Trinajstić information content (AvgIpc) is 2.80. The van der Waals surface area contributed by atoms with E-state index in [0.29, 0.717) is 23.8 Å². The van der Waals surface area contributed by atoms with E-state index >= 15 is 0 Å². The van der Waals surface area contributed by atoms with Gasteiger partial charge < -0.3 is 9.26 Å². The molecule has 0 aliphatic carbocycles. The molecular weight excluding hydrogens is 236 g/mol. The predicted molar refractivity (Wildman–Crippen MR) is 62.6 cm³/mol. The van der Waals surface area contributed by atoms with E-state index in [1.54, 1.807) is 6.92 Å². The molecule has 18 heavy (non-hydrogen) atoms. The van der Waals surface area contributed by atoms with Gasteiger partial charge in [0.2, 0.25) is 5.89 Å². The van der Waals surface area contributed by atoms with Crippen LogP contribution in [0.5, 0.6) is 6.01 Å². The molecule has 96 valence electrons. The molecule has 7 nitrogen and oxygen atoms in total. The lowest BCUT2D eigenvalue weighted by molar-refractivity contribution is 0.325. The van der Waals surface area contributed by atoms with Crippen molar-refractivity contribution in [1.29, 1.82) is 0 Å². The van der Waals surface area contributed by atoms with E-state index in [4.69, 9.17) is 9.26 Å². The Morgan fingerprint density at radius 3 is 2.83 bits per heavy atom. The predicted octanol–water partition coefficient (Wildman–Crippen LogP) is 0.554. The third-order valence-corrected chi connectivity index (χ3v) is 2.40. The number of hydrogen-bond donors (Lipinski definition) is 0. The lowest BCUT2D eigenvalue weighted by Gasteiger charge is -2.08. The Bertz CT molecular complexity index is 603. The van der Waals surface area contributed by atoms with Crippen LogP contribution in [0.15, 0.2) is 15.4 Å². The minimum absolute atomic E-state index is 0.155. The van der Waals surface area contributed by atoms with Gasteiger partial charge in [-0.25, -0.2) is 4.98 Å². The van der Waals surface area contributed by atoms with Crippen LogP contribution < -0.4 is 10.3 Å². The lowest BCUT2D eigenvalue weighted by atomic mass is 10.4. The zero-order valence-corrected chi connectivity index (χ0v) is 10.5. The maximum Gasteiger partial charge on any atom is 0.299 e. The summed E-state index contributed by atoms with van der Waals surface area (Å²) in [6.45, 7) is 3.81. The van der Waals surface area contributed by atoms with Gasteiger partial charge in [-0.1, -0.05) is 12.1 Å². The fourth-order valence-electron chi connectivity index (χ4n) is 1.53. The van der Waals surface area contributed by atoms with Crippen molar-refractivity contribution in [3.05, 3.63) is 33.8 Å². The highest BCUT2D eigenvalue weighted by molar-refractivity contribution is 5.08. The van der Waals surface area contributed by atoms with Gasteiger partial charge in [-0.3, -0.25) is 9.36 Å². The Balaban J connectivity index is 2.36. The van der Waals surface area contributed by atoms with E-state index in [2.05, 4.69) is 15.1 Å². The van der Waals surface area contributed by atoms with Crippen molar-refractivity contribution in [2.45, 2.75) is 26.8 Å². The van der Waals surface area contributed by atoms with Crippen LogP contribution in [-0.2, 0) is 13.0 Å². The molecule has 0 unspecified atom stereocenters. The molecule has 0 N–H and O–H groups in total. The first-order valence-electron chi connectivity index (χ1n) is 5.58. The van der Waals surface area contributed by atoms with Gasteiger partial charge in [-0.05, 0) is 6.92 Å². The second-order valence-electron chi connectivity index (χ2n) is 3.77. The van der Waals surface area contributed by atoms with E-state index < -0.39 is 0 Å². The fraction of sp³-hybridized carbons (Fsp3) is 0.455. The Labute approximate surface area is 103 Å². The van der Waals surface area contributed by atoms with Crippen molar-refractivity contribution < 1.29 is 9.26 Å². The van der Waals surface area contributed by atoms with Gasteiger partial charge in [0.15, 0.2) is 5.82 Å². The summed E-state index contributed by atoms with van der Waals surface area (Å²) in [5, 5.41) is 3.77. The quantitative estimate of drug-likeness (QED) is 0.788. The normalized spacial score (nSPS) is 10.6. The molecule has 0 fully saturated rings. The van der Waals surface area contributed by atoms with Gasteiger partial charge in [0.1, 0.15) is 6.54 Å².